The number of hydrogen-bond donors (Lipinski definition) is 1. The van der Waals surface area contributed by atoms with Gasteiger partial charge in [0.2, 0.25) is 0 Å². The molecular weight excluding hydrogens is 226 g/mol. The van der Waals surface area contributed by atoms with E-state index in [-0.39, 0.29) is 6.61 Å². The minimum atomic E-state index is -0.0553. The van der Waals surface area contributed by atoms with Gasteiger partial charge in [-0.1, -0.05) is 49.4 Å². The Bertz CT molecular complexity index is 491. The Morgan fingerprint density at radius 3 is 2.56 bits per heavy atom. The first-order valence-corrected chi connectivity index (χ1v) is 6.26. The molecule has 2 aromatic rings. The topological polar surface area (TPSA) is 50.9 Å². The standard InChI is InChI=1S/C14H19N3O/c1-11(2)9-17-14(13(10-18)15-16-17)8-12-6-4-3-5-7-12/h3-7,11,18H,8-10H2,1-2H3. The van der Waals surface area contributed by atoms with Crippen molar-refractivity contribution in [2.24, 2.45) is 5.92 Å². The Labute approximate surface area is 107 Å². The Balaban J connectivity index is 2.27. The first-order chi connectivity index (χ1) is 8.70. The number of hydrogen-bond acceptors (Lipinski definition) is 3. The van der Waals surface area contributed by atoms with Gasteiger partial charge in [0.05, 0.1) is 12.3 Å². The van der Waals surface area contributed by atoms with Crippen molar-refractivity contribution in [2.75, 3.05) is 0 Å². The molecule has 0 aliphatic carbocycles. The smallest absolute Gasteiger partial charge is 0.112 e. The normalized spacial score (nSPS) is 11.1. The van der Waals surface area contributed by atoms with Crippen molar-refractivity contribution in [3.63, 3.8) is 0 Å². The average molecular weight is 245 g/mol. The summed E-state index contributed by atoms with van der Waals surface area (Å²) in [6.07, 6.45) is 0.760. The van der Waals surface area contributed by atoms with Crippen LogP contribution in [0.25, 0.3) is 0 Å². The van der Waals surface area contributed by atoms with E-state index < -0.39 is 0 Å². The molecule has 0 unspecified atom stereocenters. The summed E-state index contributed by atoms with van der Waals surface area (Å²) < 4.78 is 1.91. The molecule has 0 spiro atoms. The van der Waals surface area contributed by atoms with Gasteiger partial charge < -0.3 is 5.11 Å². The van der Waals surface area contributed by atoms with E-state index in [2.05, 4.69) is 36.3 Å². The number of benzene rings is 1. The molecule has 1 aromatic heterocycles. The summed E-state index contributed by atoms with van der Waals surface area (Å²) in [4.78, 5) is 0. The molecule has 0 bridgehead atoms. The van der Waals surface area contributed by atoms with Crippen molar-refractivity contribution >= 4 is 0 Å². The molecule has 0 radical (unpaired) electrons. The minimum Gasteiger partial charge on any atom is -0.390 e. The van der Waals surface area contributed by atoms with E-state index in [0.29, 0.717) is 11.6 Å². The highest BCUT2D eigenvalue weighted by atomic mass is 16.3. The van der Waals surface area contributed by atoms with Crippen molar-refractivity contribution in [3.05, 3.63) is 47.3 Å². The summed E-state index contributed by atoms with van der Waals surface area (Å²) in [5.74, 6) is 0.507. The predicted octanol–water partition coefficient (Wildman–Crippen LogP) is 2.02. The fourth-order valence-corrected chi connectivity index (χ4v) is 1.97. The number of nitrogens with zero attached hydrogens (tertiary/aromatic N) is 3. The zero-order valence-electron chi connectivity index (χ0n) is 10.9. The lowest BCUT2D eigenvalue weighted by molar-refractivity contribution is 0.275. The van der Waals surface area contributed by atoms with Crippen LogP contribution in [-0.2, 0) is 19.6 Å². The Kier molecular flexibility index (Phi) is 4.10. The molecule has 96 valence electrons. The van der Waals surface area contributed by atoms with Crippen LogP contribution in [0.15, 0.2) is 30.3 Å². The van der Waals surface area contributed by atoms with Crippen LogP contribution in [0.3, 0.4) is 0 Å². The van der Waals surface area contributed by atoms with Gasteiger partial charge in [-0.2, -0.15) is 0 Å². The second kappa shape index (κ2) is 5.78. The van der Waals surface area contributed by atoms with Crippen LogP contribution in [-0.4, -0.2) is 20.1 Å². The Morgan fingerprint density at radius 2 is 1.94 bits per heavy atom. The summed E-state index contributed by atoms with van der Waals surface area (Å²) in [5.41, 5.74) is 2.90. The second-order valence-electron chi connectivity index (χ2n) is 4.88. The number of aliphatic hydroxyl groups is 1. The zero-order chi connectivity index (χ0) is 13.0. The van der Waals surface area contributed by atoms with Gasteiger partial charge in [-0.3, -0.25) is 0 Å². The second-order valence-corrected chi connectivity index (χ2v) is 4.88. The van der Waals surface area contributed by atoms with Crippen LogP contribution in [0.4, 0.5) is 0 Å². The van der Waals surface area contributed by atoms with Crippen LogP contribution < -0.4 is 0 Å². The lowest BCUT2D eigenvalue weighted by Gasteiger charge is -2.09. The molecule has 0 atom stereocenters. The van der Waals surface area contributed by atoms with E-state index in [1.165, 1.54) is 5.56 Å². The molecule has 1 N–H and O–H groups in total. The van der Waals surface area contributed by atoms with Gasteiger partial charge >= 0.3 is 0 Å². The summed E-state index contributed by atoms with van der Waals surface area (Å²) in [6, 6.07) is 10.2. The molecular formula is C14H19N3O. The molecule has 0 amide bonds. The van der Waals surface area contributed by atoms with Crippen LogP contribution in [0.5, 0.6) is 0 Å². The molecule has 0 aliphatic heterocycles. The lowest BCUT2D eigenvalue weighted by atomic mass is 10.1. The lowest BCUT2D eigenvalue weighted by Crippen LogP contribution is -2.11. The van der Waals surface area contributed by atoms with Gasteiger partial charge in [0.1, 0.15) is 5.69 Å². The maximum Gasteiger partial charge on any atom is 0.112 e. The molecule has 0 saturated carbocycles. The largest absolute Gasteiger partial charge is 0.390 e. The zero-order valence-corrected chi connectivity index (χ0v) is 10.9. The summed E-state index contributed by atoms with van der Waals surface area (Å²) in [7, 11) is 0. The van der Waals surface area contributed by atoms with E-state index in [4.69, 9.17) is 0 Å². The highest BCUT2D eigenvalue weighted by molar-refractivity contribution is 5.23. The van der Waals surface area contributed by atoms with Gasteiger partial charge in [-0.05, 0) is 11.5 Å². The SMILES string of the molecule is CC(C)Cn1nnc(CO)c1Cc1ccccc1. The molecule has 0 fully saturated rings. The highest BCUT2D eigenvalue weighted by Gasteiger charge is 2.13. The van der Waals surface area contributed by atoms with Crippen molar-refractivity contribution < 1.29 is 5.11 Å². The van der Waals surface area contributed by atoms with E-state index >= 15 is 0 Å². The first kappa shape index (κ1) is 12.8. The van der Waals surface area contributed by atoms with Crippen LogP contribution >= 0.6 is 0 Å². The van der Waals surface area contributed by atoms with Crippen LogP contribution in [0.1, 0.15) is 30.8 Å². The third-order valence-corrected chi connectivity index (χ3v) is 2.82. The van der Waals surface area contributed by atoms with E-state index in [1.807, 2.05) is 22.9 Å². The minimum absolute atomic E-state index is 0.0553. The van der Waals surface area contributed by atoms with Gasteiger partial charge in [0, 0.05) is 13.0 Å². The maximum atomic E-state index is 9.33. The van der Waals surface area contributed by atoms with Crippen LogP contribution in [0, 0.1) is 5.92 Å². The van der Waals surface area contributed by atoms with E-state index in [9.17, 15) is 5.11 Å². The predicted molar refractivity (Wildman–Crippen MR) is 70.0 cm³/mol. The maximum absolute atomic E-state index is 9.33. The molecule has 1 heterocycles. The van der Waals surface area contributed by atoms with E-state index in [0.717, 1.165) is 18.7 Å². The van der Waals surface area contributed by atoms with Crippen LogP contribution in [0.2, 0.25) is 0 Å². The van der Waals surface area contributed by atoms with Crippen molar-refractivity contribution in [1.29, 1.82) is 0 Å². The Hall–Kier alpha value is -1.68. The van der Waals surface area contributed by atoms with E-state index in [1.54, 1.807) is 0 Å². The van der Waals surface area contributed by atoms with Crippen molar-refractivity contribution in [2.45, 2.75) is 33.4 Å². The highest BCUT2D eigenvalue weighted by Crippen LogP contribution is 2.14. The summed E-state index contributed by atoms with van der Waals surface area (Å²) >= 11 is 0. The molecule has 4 nitrogen and oxygen atoms in total. The number of aromatic nitrogens is 3. The monoisotopic (exact) mass is 245 g/mol. The molecule has 18 heavy (non-hydrogen) atoms. The Morgan fingerprint density at radius 1 is 1.22 bits per heavy atom. The third kappa shape index (κ3) is 2.96. The van der Waals surface area contributed by atoms with Crippen molar-refractivity contribution in [3.8, 4) is 0 Å². The first-order valence-electron chi connectivity index (χ1n) is 6.26. The fourth-order valence-electron chi connectivity index (χ4n) is 1.97. The third-order valence-electron chi connectivity index (χ3n) is 2.82. The molecule has 0 saturated heterocycles. The number of rotatable bonds is 5. The summed E-state index contributed by atoms with van der Waals surface area (Å²) in [5, 5.41) is 17.5. The number of aliphatic hydroxyl groups excluding tert-OH is 1. The van der Waals surface area contributed by atoms with Gasteiger partial charge in [-0.25, -0.2) is 4.68 Å². The van der Waals surface area contributed by atoms with Gasteiger partial charge in [-0.15, -0.1) is 5.10 Å². The average Bonchev–Trinajstić information content (AvgIpc) is 2.72. The molecule has 0 aliphatic rings. The summed E-state index contributed by atoms with van der Waals surface area (Å²) in [6.45, 7) is 5.06. The quantitative estimate of drug-likeness (QED) is 0.876. The van der Waals surface area contributed by atoms with Crippen molar-refractivity contribution in [1.82, 2.24) is 15.0 Å². The van der Waals surface area contributed by atoms with Gasteiger partial charge in [0.25, 0.3) is 0 Å². The molecule has 2 rings (SSSR count). The van der Waals surface area contributed by atoms with Gasteiger partial charge in [0.15, 0.2) is 0 Å². The fraction of sp³-hybridized carbons (Fsp3) is 0.429. The molecule has 1 aromatic carbocycles. The molecule has 4 heteroatoms.